The first-order chi connectivity index (χ1) is 29.3. The molecule has 352 valence electrons. The molecule has 5 N–H and O–H groups in total. The smallest absolute Gasteiger partial charge is 0.475 e. The number of aromatic amines is 1. The lowest BCUT2D eigenvalue weighted by molar-refractivity contribution is -0.193. The van der Waals surface area contributed by atoms with Gasteiger partial charge in [0.05, 0.1) is 36.7 Å². The third kappa shape index (κ3) is 13.8. The van der Waals surface area contributed by atoms with Crippen molar-refractivity contribution >= 4 is 28.9 Å². The molecule has 64 heavy (non-hydrogen) atoms. The summed E-state index contributed by atoms with van der Waals surface area (Å²) in [6.07, 6.45) is -10.0. The molecule has 2 aliphatic rings. The number of aliphatic hydroxyl groups excluding tert-OH is 1. The molecule has 6 rings (SSSR count). The van der Waals surface area contributed by atoms with Crippen LogP contribution in [0.3, 0.4) is 0 Å². The van der Waals surface area contributed by atoms with Crippen LogP contribution in [-0.4, -0.2) is 128 Å². The number of hydrogen-bond donors (Lipinski definition) is 5. The Bertz CT molecular complexity index is 2220. The van der Waals surface area contributed by atoms with Crippen LogP contribution in [0.25, 0.3) is 22.3 Å². The number of carboxylic acid groups (broad SMARTS) is 3. The van der Waals surface area contributed by atoms with Gasteiger partial charge in [0, 0.05) is 54.0 Å². The van der Waals surface area contributed by atoms with E-state index in [1.807, 2.05) is 23.1 Å². The fraction of sp³-hybridized carbons (Fsp3) is 0.514. The SMILES string of the molecule is CC(C)(CO)c1cc(O[C@H]2CC[C@@H](N3CC(CC#N)(n4cc(-c5ncnc6[nH]ccc56)cn4)C3)CC2)nc(C(F)(F)F)n1.O=C(O)C(F)(F)F.O=C(O)C(F)(F)F.O=C(O)C(F)(F)F. The number of fused-ring (bicyclic) bond motifs is 1. The van der Waals surface area contributed by atoms with E-state index in [1.54, 1.807) is 20.0 Å². The second-order valence-corrected chi connectivity index (χ2v) is 14.5. The fourth-order valence-electron chi connectivity index (χ4n) is 6.00. The number of carboxylic acids is 3. The van der Waals surface area contributed by atoms with E-state index in [9.17, 15) is 63.1 Å². The molecule has 5 heterocycles. The molecule has 0 amide bonds. The maximum atomic E-state index is 13.5. The summed E-state index contributed by atoms with van der Waals surface area (Å²) in [6, 6.07) is 5.91. The van der Waals surface area contributed by atoms with Gasteiger partial charge in [-0.25, -0.2) is 29.3 Å². The number of hydrogen-bond acceptors (Lipinski definition) is 12. The van der Waals surface area contributed by atoms with Crippen molar-refractivity contribution in [2.24, 2.45) is 0 Å². The van der Waals surface area contributed by atoms with Crippen LogP contribution in [0.5, 0.6) is 5.88 Å². The van der Waals surface area contributed by atoms with E-state index in [0.29, 0.717) is 32.4 Å². The minimum atomic E-state index is -5.08. The molecule has 4 aromatic rings. The summed E-state index contributed by atoms with van der Waals surface area (Å²) in [7, 11) is 0. The van der Waals surface area contributed by atoms with Crippen molar-refractivity contribution in [3.63, 3.8) is 0 Å². The molecular formula is C35H35F12N9O8. The lowest BCUT2D eigenvalue weighted by atomic mass is 9.82. The van der Waals surface area contributed by atoms with Crippen LogP contribution >= 0.6 is 0 Å². The average molecular weight is 938 g/mol. The number of nitrogens with one attached hydrogen (secondary N) is 1. The number of likely N-dealkylation sites (tertiary alicyclic amines) is 1. The maximum Gasteiger partial charge on any atom is 0.490 e. The number of carbonyl (C=O) groups is 3. The Morgan fingerprint density at radius 3 is 1.88 bits per heavy atom. The molecule has 0 aromatic carbocycles. The van der Waals surface area contributed by atoms with Crippen LogP contribution < -0.4 is 4.74 Å². The molecule has 0 radical (unpaired) electrons. The van der Waals surface area contributed by atoms with Crippen LogP contribution in [0.4, 0.5) is 52.7 Å². The number of H-pyrrole nitrogens is 1. The van der Waals surface area contributed by atoms with Crippen molar-refractivity contribution in [1.82, 2.24) is 39.6 Å². The summed E-state index contributed by atoms with van der Waals surface area (Å²) in [5, 5.41) is 46.2. The second-order valence-electron chi connectivity index (χ2n) is 14.5. The molecule has 0 spiro atoms. The molecule has 17 nitrogen and oxygen atoms in total. The molecule has 4 aromatic heterocycles. The zero-order valence-electron chi connectivity index (χ0n) is 32.8. The second kappa shape index (κ2) is 20.0. The standard InChI is InChI=1S/C29H32F3N9O2.3C2HF3O2/c1-27(2,16-42)22-11-23(39-26(38-22)29(30,31)32)43-20-5-3-19(4-6-20)40-14-28(15-40,8-9-33)41-13-18(12-37-41)24-21-7-10-34-25(21)36-17-35-24;3*3-2(4,5)1(6)7/h7,10-13,17,19-20,42H,3-6,8,14-16H2,1-2H3,(H,34,35,36);3*(H,6,7)/t19-,20+;;;. The van der Waals surface area contributed by atoms with Crippen molar-refractivity contribution in [1.29, 1.82) is 5.26 Å². The van der Waals surface area contributed by atoms with E-state index in [2.05, 4.69) is 41.0 Å². The number of halogens is 12. The number of rotatable bonds is 8. The van der Waals surface area contributed by atoms with Gasteiger partial charge in [0.25, 0.3) is 0 Å². The topological polar surface area (TPSA) is 254 Å². The summed E-state index contributed by atoms with van der Waals surface area (Å²) in [4.78, 5) is 48.1. The van der Waals surface area contributed by atoms with Crippen LogP contribution in [0.15, 0.2) is 37.1 Å². The number of nitriles is 1. The minimum absolute atomic E-state index is 0.0782. The first-order valence-corrected chi connectivity index (χ1v) is 17.9. The number of nitrogens with zero attached hydrogens (tertiary/aromatic N) is 8. The van der Waals surface area contributed by atoms with E-state index >= 15 is 0 Å². The summed E-state index contributed by atoms with van der Waals surface area (Å²) in [6.45, 7) is 4.20. The van der Waals surface area contributed by atoms with E-state index in [0.717, 1.165) is 35.1 Å². The summed E-state index contributed by atoms with van der Waals surface area (Å²) in [5.74, 6) is -9.68. The van der Waals surface area contributed by atoms with Gasteiger partial charge in [-0.1, -0.05) is 13.8 Å². The first-order valence-electron chi connectivity index (χ1n) is 17.9. The number of aliphatic hydroxyl groups is 1. The van der Waals surface area contributed by atoms with Gasteiger partial charge in [-0.05, 0) is 31.7 Å². The van der Waals surface area contributed by atoms with Gasteiger partial charge in [-0.15, -0.1) is 0 Å². The molecule has 29 heteroatoms. The molecule has 0 atom stereocenters. The highest BCUT2D eigenvalue weighted by molar-refractivity contribution is 5.90. The summed E-state index contributed by atoms with van der Waals surface area (Å²) >= 11 is 0. The Labute approximate surface area is 351 Å². The third-order valence-electron chi connectivity index (χ3n) is 9.32. The van der Waals surface area contributed by atoms with Crippen LogP contribution in [-0.2, 0) is 31.5 Å². The monoisotopic (exact) mass is 937 g/mol. The largest absolute Gasteiger partial charge is 0.490 e. The normalized spacial score (nSPS) is 17.8. The Morgan fingerprint density at radius 2 is 1.41 bits per heavy atom. The lowest BCUT2D eigenvalue weighted by Gasteiger charge is -2.53. The molecule has 0 unspecified atom stereocenters. The van der Waals surface area contributed by atoms with Crippen LogP contribution in [0, 0.1) is 11.3 Å². The highest BCUT2D eigenvalue weighted by atomic mass is 19.4. The molecular weight excluding hydrogens is 902 g/mol. The molecule has 1 aliphatic carbocycles. The Balaban J connectivity index is 0.000000429. The average Bonchev–Trinajstić information content (AvgIpc) is 3.87. The number of ether oxygens (including phenoxy) is 1. The Hall–Kier alpha value is -6.31. The van der Waals surface area contributed by atoms with Crippen molar-refractivity contribution in [3.8, 4) is 23.2 Å². The molecule has 0 bridgehead atoms. The van der Waals surface area contributed by atoms with Crippen molar-refractivity contribution in [2.45, 2.75) is 93.8 Å². The first kappa shape index (κ1) is 52.0. The van der Waals surface area contributed by atoms with Gasteiger partial charge < -0.3 is 30.1 Å². The van der Waals surface area contributed by atoms with Gasteiger partial charge in [-0.2, -0.15) is 68.0 Å². The molecule has 1 saturated carbocycles. The third-order valence-corrected chi connectivity index (χ3v) is 9.32. The van der Waals surface area contributed by atoms with Crippen LogP contribution in [0.2, 0.25) is 0 Å². The zero-order chi connectivity index (χ0) is 48.6. The van der Waals surface area contributed by atoms with Crippen LogP contribution in [0.1, 0.15) is 57.5 Å². The highest BCUT2D eigenvalue weighted by Gasteiger charge is 2.48. The number of alkyl halides is 12. The minimum Gasteiger partial charge on any atom is -0.475 e. The van der Waals surface area contributed by atoms with E-state index < -0.39 is 59.4 Å². The molecule has 2 fully saturated rings. The van der Waals surface area contributed by atoms with Gasteiger partial charge in [0.1, 0.15) is 23.6 Å². The number of aliphatic carboxylic acids is 3. The van der Waals surface area contributed by atoms with Crippen molar-refractivity contribution in [3.05, 3.63) is 48.6 Å². The van der Waals surface area contributed by atoms with Gasteiger partial charge in [-0.3, -0.25) is 9.58 Å². The highest BCUT2D eigenvalue weighted by Crippen LogP contribution is 2.39. The van der Waals surface area contributed by atoms with E-state index in [1.165, 1.54) is 12.4 Å². The summed E-state index contributed by atoms with van der Waals surface area (Å²) in [5.41, 5.74) is 1.02. The Kier molecular flexibility index (Phi) is 16.3. The van der Waals surface area contributed by atoms with Gasteiger partial charge in [0.15, 0.2) is 0 Å². The Morgan fingerprint density at radius 1 is 0.875 bits per heavy atom. The molecule has 1 aliphatic heterocycles. The zero-order valence-corrected chi connectivity index (χ0v) is 32.8. The van der Waals surface area contributed by atoms with Gasteiger partial charge >= 0.3 is 42.6 Å². The lowest BCUT2D eigenvalue weighted by Crippen LogP contribution is -2.65. The predicted octanol–water partition coefficient (Wildman–Crippen LogP) is 6.11. The maximum absolute atomic E-state index is 13.5. The quantitative estimate of drug-likeness (QED) is 0.125. The predicted molar refractivity (Wildman–Crippen MR) is 190 cm³/mol. The fourth-order valence-corrected chi connectivity index (χ4v) is 6.00. The van der Waals surface area contributed by atoms with E-state index in [-0.39, 0.29) is 30.3 Å². The molecule has 1 saturated heterocycles. The number of aromatic nitrogens is 7. The van der Waals surface area contributed by atoms with Crippen molar-refractivity contribution in [2.75, 3.05) is 19.7 Å². The summed E-state index contributed by atoms with van der Waals surface area (Å²) < 4.78 is 144. The van der Waals surface area contributed by atoms with E-state index in [4.69, 9.17) is 34.4 Å². The van der Waals surface area contributed by atoms with Crippen molar-refractivity contribution < 1.29 is 92.2 Å². The van der Waals surface area contributed by atoms with Gasteiger partial charge in [0.2, 0.25) is 11.7 Å².